The Morgan fingerprint density at radius 1 is 1.00 bits per heavy atom. The molecule has 0 saturated heterocycles. The van der Waals surface area contributed by atoms with Gasteiger partial charge in [0, 0.05) is 42.0 Å². The van der Waals surface area contributed by atoms with Gasteiger partial charge in [0.2, 0.25) is 0 Å². The van der Waals surface area contributed by atoms with Gasteiger partial charge in [-0.05, 0) is 74.1 Å². The number of anilines is 1. The van der Waals surface area contributed by atoms with Crippen molar-refractivity contribution in [1.82, 2.24) is 4.98 Å². The van der Waals surface area contributed by atoms with Crippen LogP contribution in [0.5, 0.6) is 0 Å². The Labute approximate surface area is 197 Å². The molecule has 2 heterocycles. The maximum absolute atomic E-state index is 9.70. The van der Waals surface area contributed by atoms with Crippen LogP contribution in [0.2, 0.25) is 0 Å². The molecule has 0 spiro atoms. The van der Waals surface area contributed by atoms with Crippen LogP contribution in [0, 0.1) is 17.2 Å². The molecule has 33 heavy (non-hydrogen) atoms. The van der Waals surface area contributed by atoms with E-state index in [1.54, 1.807) is 11.8 Å². The largest absolute Gasteiger partial charge is 0.361 e. The molecule has 2 aromatic rings. The molecular formula is C30H31N3. The fourth-order valence-corrected chi connectivity index (χ4v) is 6.88. The number of nitrogens with zero attached hydrogens (tertiary/aromatic N) is 3. The second kappa shape index (κ2) is 8.67. The van der Waals surface area contributed by atoms with Gasteiger partial charge in [0.25, 0.3) is 0 Å². The first kappa shape index (κ1) is 20.5. The van der Waals surface area contributed by atoms with Crippen LogP contribution >= 0.6 is 0 Å². The van der Waals surface area contributed by atoms with Crippen LogP contribution < -0.4 is 4.90 Å². The third-order valence-electron chi connectivity index (χ3n) is 8.28. The smallest absolute Gasteiger partial charge is 0.101 e. The summed E-state index contributed by atoms with van der Waals surface area (Å²) >= 11 is 0. The molecule has 0 saturated carbocycles. The van der Waals surface area contributed by atoms with E-state index in [-0.39, 0.29) is 0 Å². The zero-order valence-corrected chi connectivity index (χ0v) is 19.1. The highest BCUT2D eigenvalue weighted by Crippen LogP contribution is 2.49. The molecule has 1 aromatic heterocycles. The average molecular weight is 434 g/mol. The Bertz CT molecular complexity index is 1170. The van der Waals surface area contributed by atoms with Crippen molar-refractivity contribution >= 4 is 5.69 Å². The molecule has 4 unspecified atom stereocenters. The molecular weight excluding hydrogens is 402 g/mol. The summed E-state index contributed by atoms with van der Waals surface area (Å²) in [7, 11) is 0. The quantitative estimate of drug-likeness (QED) is 0.500. The molecule has 3 aliphatic carbocycles. The minimum Gasteiger partial charge on any atom is -0.361 e. The van der Waals surface area contributed by atoms with E-state index in [1.165, 1.54) is 36.1 Å². The molecule has 0 N–H and O–H groups in total. The summed E-state index contributed by atoms with van der Waals surface area (Å²) in [5.74, 6) is 1.42. The van der Waals surface area contributed by atoms with Gasteiger partial charge in [-0.2, -0.15) is 5.26 Å². The minimum absolute atomic E-state index is 0.352. The lowest BCUT2D eigenvalue weighted by Gasteiger charge is -2.41. The maximum atomic E-state index is 9.70. The molecule has 0 bridgehead atoms. The molecule has 1 aromatic carbocycles. The van der Waals surface area contributed by atoms with Gasteiger partial charge >= 0.3 is 0 Å². The van der Waals surface area contributed by atoms with Crippen molar-refractivity contribution in [2.75, 3.05) is 4.90 Å². The number of hydrogen-bond donors (Lipinski definition) is 0. The molecule has 3 heteroatoms. The molecule has 166 valence electrons. The van der Waals surface area contributed by atoms with Gasteiger partial charge in [-0.1, -0.05) is 54.2 Å². The first-order chi connectivity index (χ1) is 16.3. The zero-order chi connectivity index (χ0) is 22.2. The van der Waals surface area contributed by atoms with Gasteiger partial charge in [0.15, 0.2) is 0 Å². The van der Waals surface area contributed by atoms with Crippen molar-refractivity contribution in [2.45, 2.75) is 68.9 Å². The number of hydrogen-bond acceptors (Lipinski definition) is 3. The molecule has 4 aliphatic rings. The molecule has 0 amide bonds. The number of benzene rings is 1. The van der Waals surface area contributed by atoms with Gasteiger partial charge in [0.05, 0.1) is 5.56 Å². The summed E-state index contributed by atoms with van der Waals surface area (Å²) in [6.07, 6.45) is 24.0. The highest BCUT2D eigenvalue weighted by atomic mass is 15.2. The number of aromatic nitrogens is 1. The van der Waals surface area contributed by atoms with Crippen molar-refractivity contribution < 1.29 is 0 Å². The Hall–Kier alpha value is -3.12. The van der Waals surface area contributed by atoms with E-state index in [2.05, 4.69) is 76.7 Å². The molecule has 0 radical (unpaired) electrons. The van der Waals surface area contributed by atoms with Crippen molar-refractivity contribution in [3.63, 3.8) is 0 Å². The third kappa shape index (κ3) is 3.53. The molecule has 0 fully saturated rings. The fraction of sp³-hybridized carbons (Fsp3) is 0.400. The second-order valence-electron chi connectivity index (χ2n) is 9.99. The highest BCUT2D eigenvalue weighted by Gasteiger charge is 2.42. The summed E-state index contributed by atoms with van der Waals surface area (Å²) in [5.41, 5.74) is 6.41. The second-order valence-corrected chi connectivity index (χ2v) is 9.99. The summed E-state index contributed by atoms with van der Waals surface area (Å²) in [4.78, 5) is 6.96. The molecule has 5 atom stereocenters. The number of pyridine rings is 1. The minimum atomic E-state index is 0.352. The van der Waals surface area contributed by atoms with Crippen LogP contribution in [0.1, 0.15) is 73.5 Å². The lowest BCUT2D eigenvalue weighted by atomic mass is 9.72. The van der Waals surface area contributed by atoms with Crippen LogP contribution in [0.3, 0.4) is 0 Å². The van der Waals surface area contributed by atoms with E-state index in [1.807, 2.05) is 6.20 Å². The Kier molecular flexibility index (Phi) is 5.38. The first-order valence-electron chi connectivity index (χ1n) is 12.6. The van der Waals surface area contributed by atoms with E-state index in [0.29, 0.717) is 29.8 Å². The van der Waals surface area contributed by atoms with Crippen LogP contribution in [-0.4, -0.2) is 17.1 Å². The van der Waals surface area contributed by atoms with E-state index in [9.17, 15) is 5.26 Å². The number of allylic oxidation sites excluding steroid dienone is 4. The maximum Gasteiger partial charge on any atom is 0.101 e. The Morgan fingerprint density at radius 2 is 1.94 bits per heavy atom. The topological polar surface area (TPSA) is 39.9 Å². The predicted molar refractivity (Wildman–Crippen MR) is 133 cm³/mol. The van der Waals surface area contributed by atoms with Crippen molar-refractivity contribution in [1.29, 1.82) is 5.26 Å². The van der Waals surface area contributed by atoms with Crippen LogP contribution in [-0.2, 0) is 0 Å². The highest BCUT2D eigenvalue weighted by molar-refractivity contribution is 5.65. The van der Waals surface area contributed by atoms with E-state index >= 15 is 0 Å². The van der Waals surface area contributed by atoms with Gasteiger partial charge in [-0.15, -0.1) is 0 Å². The van der Waals surface area contributed by atoms with Crippen LogP contribution in [0.25, 0.3) is 0 Å². The SMILES string of the molecule is N#Cc1cnccc1C1CCCC=C1[C@@H]1CC=CC(N2c3ccccc3C3C=CCCC32)C1. The normalized spacial score (nSPS) is 30.3. The Morgan fingerprint density at radius 3 is 2.88 bits per heavy atom. The number of para-hydroxylation sites is 1. The van der Waals surface area contributed by atoms with Crippen molar-refractivity contribution in [3.05, 3.63) is 95.4 Å². The Balaban J connectivity index is 1.31. The average Bonchev–Trinajstić information content (AvgIpc) is 3.23. The van der Waals surface area contributed by atoms with Gasteiger partial charge in [0.1, 0.15) is 6.07 Å². The zero-order valence-electron chi connectivity index (χ0n) is 19.1. The van der Waals surface area contributed by atoms with Crippen molar-refractivity contribution in [2.24, 2.45) is 5.92 Å². The molecule has 3 nitrogen and oxygen atoms in total. The lowest BCUT2D eigenvalue weighted by Crippen LogP contribution is -2.44. The summed E-state index contributed by atoms with van der Waals surface area (Å²) < 4.78 is 0. The first-order valence-corrected chi connectivity index (χ1v) is 12.6. The van der Waals surface area contributed by atoms with Gasteiger partial charge in [-0.25, -0.2) is 0 Å². The predicted octanol–water partition coefficient (Wildman–Crippen LogP) is 6.80. The summed E-state index contributed by atoms with van der Waals surface area (Å²) in [5, 5.41) is 9.70. The van der Waals surface area contributed by atoms with Crippen LogP contribution in [0.15, 0.2) is 78.7 Å². The number of nitriles is 1. The van der Waals surface area contributed by atoms with Gasteiger partial charge < -0.3 is 4.90 Å². The molecule has 1 aliphatic heterocycles. The van der Waals surface area contributed by atoms with Crippen LogP contribution in [0.4, 0.5) is 5.69 Å². The number of rotatable bonds is 3. The monoisotopic (exact) mass is 433 g/mol. The van der Waals surface area contributed by atoms with Gasteiger partial charge in [-0.3, -0.25) is 4.98 Å². The van der Waals surface area contributed by atoms with E-state index in [4.69, 9.17) is 0 Å². The van der Waals surface area contributed by atoms with Crippen molar-refractivity contribution in [3.8, 4) is 6.07 Å². The standard InChI is InChI=1S/C30H31N3/c31-19-22-20-32-17-16-25(22)26-11-2-1-10-24(26)21-8-7-9-23(18-21)33-29-14-5-3-12-27(29)28-13-4-6-15-30(28)33/h3-5,7,9-10,12-14,16-17,20-21,23,26,28,30H,1-2,6,8,11,15,18H2/t21-,23?,26?,28?,30?/m1/s1. The lowest BCUT2D eigenvalue weighted by molar-refractivity contribution is 0.413. The van der Waals surface area contributed by atoms with E-state index in [0.717, 1.165) is 31.2 Å². The number of fused-ring (bicyclic) bond motifs is 3. The fourth-order valence-electron chi connectivity index (χ4n) is 6.88. The third-order valence-corrected chi connectivity index (χ3v) is 8.28. The van der Waals surface area contributed by atoms with E-state index < -0.39 is 0 Å². The molecule has 6 rings (SSSR count). The summed E-state index contributed by atoms with van der Waals surface area (Å²) in [6, 6.07) is 14.5. The summed E-state index contributed by atoms with van der Waals surface area (Å²) in [6.45, 7) is 0.